The van der Waals surface area contributed by atoms with Crippen LogP contribution in [0.2, 0.25) is 0 Å². The van der Waals surface area contributed by atoms with Crippen LogP contribution in [-0.2, 0) is 0 Å². The molecule has 0 aliphatic heterocycles. The first-order valence-electron chi connectivity index (χ1n) is 8.93. The van der Waals surface area contributed by atoms with E-state index in [-0.39, 0.29) is 18.1 Å². The topological polar surface area (TPSA) is 61.8 Å². The van der Waals surface area contributed by atoms with Gasteiger partial charge in [-0.15, -0.1) is 0 Å². The predicted molar refractivity (Wildman–Crippen MR) is 103 cm³/mol. The number of aliphatic hydroxyl groups excluding tert-OH is 1. The van der Waals surface area contributed by atoms with Crippen molar-refractivity contribution < 1.29 is 14.6 Å². The normalized spacial score (nSPS) is 15.0. The number of aliphatic hydroxyl groups is 1. The first-order valence-corrected chi connectivity index (χ1v) is 8.93. The number of carbonyl (C=O) groups excluding carboxylic acids is 1. The lowest BCUT2D eigenvalue weighted by Crippen LogP contribution is -2.46. The van der Waals surface area contributed by atoms with Gasteiger partial charge < -0.3 is 20.1 Å². The summed E-state index contributed by atoms with van der Waals surface area (Å²) in [4.78, 5) is 14.3. The van der Waals surface area contributed by atoms with Crippen molar-refractivity contribution in [2.24, 2.45) is 5.41 Å². The number of nitrogens with one attached hydrogen (secondary N) is 1. The van der Waals surface area contributed by atoms with Gasteiger partial charge in [0.05, 0.1) is 19.4 Å². The van der Waals surface area contributed by atoms with E-state index in [2.05, 4.69) is 5.32 Å². The van der Waals surface area contributed by atoms with E-state index >= 15 is 0 Å². The van der Waals surface area contributed by atoms with Crippen LogP contribution in [0, 0.1) is 5.41 Å². The molecular weight excluding hydrogens is 328 g/mol. The molecule has 138 valence electrons. The van der Waals surface area contributed by atoms with Crippen LogP contribution < -0.4 is 10.1 Å². The van der Waals surface area contributed by atoms with Gasteiger partial charge in [0.2, 0.25) is 0 Å². The number of ether oxygens (including phenoxy) is 1. The fourth-order valence-electron chi connectivity index (χ4n) is 3.44. The van der Waals surface area contributed by atoms with E-state index in [0.717, 1.165) is 30.4 Å². The van der Waals surface area contributed by atoms with Crippen LogP contribution in [0.5, 0.6) is 5.75 Å². The Hall–Kier alpha value is -2.53. The maximum Gasteiger partial charge on any atom is 0.321 e. The average molecular weight is 354 g/mol. The van der Waals surface area contributed by atoms with Gasteiger partial charge in [-0.2, -0.15) is 0 Å². The summed E-state index contributed by atoms with van der Waals surface area (Å²) < 4.78 is 5.40. The van der Waals surface area contributed by atoms with Crippen molar-refractivity contribution in [3.05, 3.63) is 48.5 Å². The number of urea groups is 1. The highest BCUT2D eigenvalue weighted by Gasteiger charge is 2.38. The Kier molecular flexibility index (Phi) is 5.47. The summed E-state index contributed by atoms with van der Waals surface area (Å²) in [5.41, 5.74) is 2.59. The van der Waals surface area contributed by atoms with E-state index in [4.69, 9.17) is 4.74 Å². The number of anilines is 1. The molecule has 2 amide bonds. The quantitative estimate of drug-likeness (QED) is 0.824. The van der Waals surface area contributed by atoms with E-state index in [1.807, 2.05) is 48.5 Å². The zero-order valence-electron chi connectivity index (χ0n) is 15.4. The summed E-state index contributed by atoms with van der Waals surface area (Å²) in [6, 6.07) is 15.6. The highest BCUT2D eigenvalue weighted by molar-refractivity contribution is 5.92. The van der Waals surface area contributed by atoms with E-state index in [1.54, 1.807) is 19.1 Å². The number of rotatable bonds is 6. The largest absolute Gasteiger partial charge is 0.495 e. The minimum absolute atomic E-state index is 0.122. The molecule has 0 atom stereocenters. The average Bonchev–Trinajstić information content (AvgIpc) is 2.65. The number of benzene rings is 2. The molecule has 1 aliphatic carbocycles. The zero-order chi connectivity index (χ0) is 18.6. The van der Waals surface area contributed by atoms with Crippen molar-refractivity contribution >= 4 is 11.7 Å². The van der Waals surface area contributed by atoms with Gasteiger partial charge in [0, 0.05) is 19.0 Å². The van der Waals surface area contributed by atoms with Crippen LogP contribution in [0.1, 0.15) is 19.3 Å². The van der Waals surface area contributed by atoms with Crippen molar-refractivity contribution in [2.45, 2.75) is 19.3 Å². The van der Waals surface area contributed by atoms with Crippen molar-refractivity contribution in [3.63, 3.8) is 0 Å². The van der Waals surface area contributed by atoms with Crippen molar-refractivity contribution in [1.82, 2.24) is 4.90 Å². The smallest absolute Gasteiger partial charge is 0.321 e. The van der Waals surface area contributed by atoms with E-state index in [0.29, 0.717) is 18.0 Å². The molecule has 3 rings (SSSR count). The molecule has 0 spiro atoms. The fourth-order valence-corrected chi connectivity index (χ4v) is 3.44. The second-order valence-corrected chi connectivity index (χ2v) is 7.08. The summed E-state index contributed by atoms with van der Waals surface area (Å²) >= 11 is 0. The Morgan fingerprint density at radius 2 is 1.92 bits per heavy atom. The van der Waals surface area contributed by atoms with E-state index in [9.17, 15) is 9.90 Å². The van der Waals surface area contributed by atoms with Crippen LogP contribution in [-0.4, -0.2) is 43.3 Å². The third-order valence-corrected chi connectivity index (χ3v) is 5.22. The zero-order valence-corrected chi connectivity index (χ0v) is 15.4. The lowest BCUT2D eigenvalue weighted by Gasteiger charge is -2.42. The molecule has 1 saturated carbocycles. The molecule has 2 N–H and O–H groups in total. The molecule has 26 heavy (non-hydrogen) atoms. The first kappa shape index (κ1) is 18.3. The molecule has 0 bridgehead atoms. The van der Waals surface area contributed by atoms with Gasteiger partial charge in [0.25, 0.3) is 0 Å². The van der Waals surface area contributed by atoms with Crippen LogP contribution >= 0.6 is 0 Å². The minimum Gasteiger partial charge on any atom is -0.495 e. The third-order valence-electron chi connectivity index (χ3n) is 5.22. The van der Waals surface area contributed by atoms with Crippen LogP contribution in [0.3, 0.4) is 0 Å². The molecule has 2 aromatic rings. The van der Waals surface area contributed by atoms with Crippen LogP contribution in [0.4, 0.5) is 10.5 Å². The predicted octanol–water partition coefficient (Wildman–Crippen LogP) is 3.99. The standard InChI is InChI=1S/C21H26N2O3/c1-23(14-21(15-24)11-6-12-21)20(25)22-18-13-17(9-10-19(18)26-2)16-7-4-3-5-8-16/h3-5,7-10,13,24H,6,11-12,14-15H2,1-2H3,(H,22,25). The molecule has 1 fully saturated rings. The number of hydrogen-bond acceptors (Lipinski definition) is 3. The Morgan fingerprint density at radius 3 is 2.50 bits per heavy atom. The first-order chi connectivity index (χ1) is 12.6. The Morgan fingerprint density at radius 1 is 1.19 bits per heavy atom. The lowest BCUT2D eigenvalue weighted by atomic mass is 9.69. The number of hydrogen-bond donors (Lipinski definition) is 2. The van der Waals surface area contributed by atoms with Crippen LogP contribution in [0.15, 0.2) is 48.5 Å². The fraction of sp³-hybridized carbons (Fsp3) is 0.381. The molecule has 0 heterocycles. The van der Waals surface area contributed by atoms with Gasteiger partial charge in [0.1, 0.15) is 5.75 Å². The second-order valence-electron chi connectivity index (χ2n) is 7.08. The van der Waals surface area contributed by atoms with E-state index < -0.39 is 0 Å². The van der Waals surface area contributed by atoms with Crippen LogP contribution in [0.25, 0.3) is 11.1 Å². The van der Waals surface area contributed by atoms with Gasteiger partial charge in [-0.1, -0.05) is 42.8 Å². The van der Waals surface area contributed by atoms with Crippen molar-refractivity contribution in [3.8, 4) is 16.9 Å². The molecule has 0 saturated heterocycles. The molecule has 0 radical (unpaired) electrons. The Balaban J connectivity index is 1.76. The lowest BCUT2D eigenvalue weighted by molar-refractivity contribution is 0.0243. The molecule has 1 aliphatic rings. The highest BCUT2D eigenvalue weighted by Crippen LogP contribution is 2.41. The summed E-state index contributed by atoms with van der Waals surface area (Å²) in [5, 5.41) is 12.6. The van der Waals surface area contributed by atoms with Gasteiger partial charge in [-0.25, -0.2) is 4.79 Å². The second kappa shape index (κ2) is 7.79. The third kappa shape index (κ3) is 3.83. The SMILES string of the molecule is COc1ccc(-c2ccccc2)cc1NC(=O)N(C)CC1(CO)CCC1. The highest BCUT2D eigenvalue weighted by atomic mass is 16.5. The van der Waals surface area contributed by atoms with Crippen molar-refractivity contribution in [2.75, 3.05) is 32.6 Å². The van der Waals surface area contributed by atoms with Crippen molar-refractivity contribution in [1.29, 1.82) is 0 Å². The molecule has 0 unspecified atom stereocenters. The van der Waals surface area contributed by atoms with E-state index in [1.165, 1.54) is 0 Å². The minimum atomic E-state index is -0.201. The summed E-state index contributed by atoms with van der Waals surface area (Å²) in [6.07, 6.45) is 3.05. The summed E-state index contributed by atoms with van der Waals surface area (Å²) in [7, 11) is 3.35. The molecular formula is C21H26N2O3. The van der Waals surface area contributed by atoms with Gasteiger partial charge in [0.15, 0.2) is 0 Å². The van der Waals surface area contributed by atoms with Gasteiger partial charge in [-0.05, 0) is 36.1 Å². The maximum absolute atomic E-state index is 12.6. The molecule has 5 nitrogen and oxygen atoms in total. The Bertz CT molecular complexity index is 752. The maximum atomic E-state index is 12.6. The molecule has 5 heteroatoms. The summed E-state index contributed by atoms with van der Waals surface area (Å²) in [6.45, 7) is 0.674. The number of methoxy groups -OCH3 is 1. The number of amides is 2. The molecule has 2 aromatic carbocycles. The number of nitrogens with zero attached hydrogens (tertiary/aromatic N) is 1. The Labute approximate surface area is 154 Å². The van der Waals surface area contributed by atoms with Gasteiger partial charge in [-0.3, -0.25) is 0 Å². The van der Waals surface area contributed by atoms with Gasteiger partial charge >= 0.3 is 6.03 Å². The summed E-state index contributed by atoms with van der Waals surface area (Å²) in [5.74, 6) is 0.618. The monoisotopic (exact) mass is 354 g/mol. The molecule has 0 aromatic heterocycles. The number of carbonyl (C=O) groups is 1.